The minimum Gasteiger partial charge on any atom is -0.399 e. The predicted molar refractivity (Wildman–Crippen MR) is 87.8 cm³/mol. The van der Waals surface area contributed by atoms with E-state index in [0.717, 1.165) is 17.8 Å². The molecule has 4 heteroatoms. The van der Waals surface area contributed by atoms with Crippen LogP contribution in [0.1, 0.15) is 24.8 Å². The molecule has 1 fully saturated rings. The highest BCUT2D eigenvalue weighted by Crippen LogP contribution is 2.36. The van der Waals surface area contributed by atoms with Gasteiger partial charge in [0.25, 0.3) is 0 Å². The van der Waals surface area contributed by atoms with Crippen LogP contribution < -0.4 is 5.73 Å². The van der Waals surface area contributed by atoms with Crippen molar-refractivity contribution in [3.05, 3.63) is 35.9 Å². The Morgan fingerprint density at radius 3 is 2.33 bits per heavy atom. The number of benzene rings is 1. The van der Waals surface area contributed by atoms with E-state index in [1.165, 1.54) is 19.3 Å². The molecule has 1 aliphatic carbocycles. The monoisotopic (exact) mass is 287 g/mol. The quantitative estimate of drug-likeness (QED) is 0.667. The minimum absolute atomic E-state index is 0.0416. The Morgan fingerprint density at radius 2 is 1.86 bits per heavy atom. The van der Waals surface area contributed by atoms with Gasteiger partial charge in [0.2, 0.25) is 5.91 Å². The molecule has 0 saturated heterocycles. The number of nitrogens with zero attached hydrogens (tertiary/aromatic N) is 2. The van der Waals surface area contributed by atoms with E-state index in [-0.39, 0.29) is 11.4 Å². The molecule has 21 heavy (non-hydrogen) atoms. The molecular weight excluding hydrogens is 262 g/mol. The zero-order valence-corrected chi connectivity index (χ0v) is 13.2. The molecule has 4 nitrogen and oxygen atoms in total. The van der Waals surface area contributed by atoms with Gasteiger partial charge >= 0.3 is 0 Å². The van der Waals surface area contributed by atoms with Crippen molar-refractivity contribution in [3.63, 3.8) is 0 Å². The van der Waals surface area contributed by atoms with Crippen LogP contribution in [-0.2, 0) is 4.79 Å². The average Bonchev–Trinajstić information content (AvgIpc) is 2.41. The lowest BCUT2D eigenvalue weighted by atomic mass is 9.75. The molecule has 1 aliphatic rings. The first-order valence-corrected chi connectivity index (χ1v) is 7.39. The van der Waals surface area contributed by atoms with Gasteiger partial charge in [0.05, 0.1) is 0 Å². The molecule has 1 saturated carbocycles. The number of nitrogen functional groups attached to an aromatic ring is 1. The number of carbonyl (C=O) groups is 1. The van der Waals surface area contributed by atoms with Crippen LogP contribution in [-0.4, -0.2) is 48.9 Å². The normalized spacial score (nSPS) is 17.0. The molecule has 0 unspecified atom stereocenters. The van der Waals surface area contributed by atoms with Crippen LogP contribution in [0.25, 0.3) is 6.08 Å². The van der Waals surface area contributed by atoms with Crippen molar-refractivity contribution in [1.82, 2.24) is 9.80 Å². The van der Waals surface area contributed by atoms with Crippen molar-refractivity contribution in [2.45, 2.75) is 24.8 Å². The highest BCUT2D eigenvalue weighted by Gasteiger charge is 2.40. The molecule has 1 amide bonds. The first kappa shape index (κ1) is 15.6. The Labute approximate surface area is 127 Å². The van der Waals surface area contributed by atoms with E-state index in [1.54, 1.807) is 6.08 Å². The van der Waals surface area contributed by atoms with Crippen LogP contribution in [0.5, 0.6) is 0 Å². The molecule has 2 rings (SSSR count). The lowest BCUT2D eigenvalue weighted by Gasteiger charge is -2.49. The van der Waals surface area contributed by atoms with Crippen LogP contribution in [0.3, 0.4) is 0 Å². The highest BCUT2D eigenvalue weighted by atomic mass is 16.2. The smallest absolute Gasteiger partial charge is 0.246 e. The maximum absolute atomic E-state index is 12.2. The topological polar surface area (TPSA) is 49.6 Å². The Hall–Kier alpha value is -1.81. The summed E-state index contributed by atoms with van der Waals surface area (Å²) >= 11 is 0. The van der Waals surface area contributed by atoms with Gasteiger partial charge in [-0.15, -0.1) is 0 Å². The minimum atomic E-state index is 0.0416. The zero-order chi connectivity index (χ0) is 15.5. The molecule has 0 atom stereocenters. The van der Waals surface area contributed by atoms with Gasteiger partial charge in [-0.05, 0) is 57.1 Å². The van der Waals surface area contributed by atoms with Gasteiger partial charge in [-0.1, -0.05) is 12.1 Å². The predicted octanol–water partition coefficient (Wildman–Crippen LogP) is 2.22. The number of likely N-dealkylation sites (N-methyl/N-ethyl adjacent to an activating group) is 2. The lowest BCUT2D eigenvalue weighted by Crippen LogP contribution is -2.57. The number of hydrogen-bond acceptors (Lipinski definition) is 3. The SMILES string of the molecule is CN(CC1(N(C)C)CCC1)C(=O)/C=C/c1ccc(N)cc1. The maximum atomic E-state index is 12.2. The molecule has 0 bridgehead atoms. The fraction of sp³-hybridized carbons (Fsp3) is 0.471. The summed E-state index contributed by atoms with van der Waals surface area (Å²) in [5.74, 6) is 0.0416. The van der Waals surface area contributed by atoms with Gasteiger partial charge in [0.15, 0.2) is 0 Å². The second-order valence-electron chi connectivity index (χ2n) is 6.17. The van der Waals surface area contributed by atoms with Crippen LogP contribution in [0.4, 0.5) is 5.69 Å². The van der Waals surface area contributed by atoms with Crippen LogP contribution in [0.15, 0.2) is 30.3 Å². The number of carbonyl (C=O) groups excluding carboxylic acids is 1. The maximum Gasteiger partial charge on any atom is 0.246 e. The largest absolute Gasteiger partial charge is 0.399 e. The summed E-state index contributed by atoms with van der Waals surface area (Å²) < 4.78 is 0. The summed E-state index contributed by atoms with van der Waals surface area (Å²) in [7, 11) is 6.07. The van der Waals surface area contributed by atoms with E-state index in [1.807, 2.05) is 42.3 Å². The molecule has 1 aromatic rings. The van der Waals surface area contributed by atoms with Crippen molar-refractivity contribution in [1.29, 1.82) is 0 Å². The van der Waals surface area contributed by atoms with Gasteiger partial charge in [0, 0.05) is 30.9 Å². The van der Waals surface area contributed by atoms with E-state index in [2.05, 4.69) is 19.0 Å². The number of anilines is 1. The van der Waals surface area contributed by atoms with Crippen molar-refractivity contribution in [2.24, 2.45) is 0 Å². The standard InChI is InChI=1S/C17H25N3O/c1-19(2)17(11-4-12-17)13-20(3)16(21)10-7-14-5-8-15(18)9-6-14/h5-10H,4,11-13,18H2,1-3H3/b10-7+. The van der Waals surface area contributed by atoms with Gasteiger partial charge in [0.1, 0.15) is 0 Å². The summed E-state index contributed by atoms with van der Waals surface area (Å²) in [6.45, 7) is 0.783. The molecule has 2 N–H and O–H groups in total. The summed E-state index contributed by atoms with van der Waals surface area (Å²) in [6.07, 6.45) is 7.05. The second-order valence-corrected chi connectivity index (χ2v) is 6.17. The van der Waals surface area contributed by atoms with Crippen molar-refractivity contribution in [2.75, 3.05) is 33.4 Å². The zero-order valence-electron chi connectivity index (χ0n) is 13.2. The third kappa shape index (κ3) is 3.64. The van der Waals surface area contributed by atoms with E-state index in [9.17, 15) is 4.79 Å². The average molecular weight is 287 g/mol. The van der Waals surface area contributed by atoms with Crippen molar-refractivity contribution in [3.8, 4) is 0 Å². The van der Waals surface area contributed by atoms with E-state index in [0.29, 0.717) is 0 Å². The Balaban J connectivity index is 1.95. The van der Waals surface area contributed by atoms with Gasteiger partial charge in [-0.3, -0.25) is 4.79 Å². The van der Waals surface area contributed by atoms with Gasteiger partial charge in [-0.25, -0.2) is 0 Å². The van der Waals surface area contributed by atoms with Gasteiger partial charge < -0.3 is 15.5 Å². The number of rotatable bonds is 5. The third-order valence-electron chi connectivity index (χ3n) is 4.50. The lowest BCUT2D eigenvalue weighted by molar-refractivity contribution is -0.127. The molecular formula is C17H25N3O. The Kier molecular flexibility index (Phi) is 4.68. The summed E-state index contributed by atoms with van der Waals surface area (Å²) in [6, 6.07) is 7.49. The van der Waals surface area contributed by atoms with E-state index >= 15 is 0 Å². The van der Waals surface area contributed by atoms with Crippen LogP contribution in [0, 0.1) is 0 Å². The molecule has 1 aromatic carbocycles. The first-order valence-electron chi connectivity index (χ1n) is 7.39. The van der Waals surface area contributed by atoms with Crippen molar-refractivity contribution >= 4 is 17.7 Å². The molecule has 114 valence electrons. The molecule has 0 radical (unpaired) electrons. The highest BCUT2D eigenvalue weighted by molar-refractivity contribution is 5.91. The van der Waals surface area contributed by atoms with E-state index < -0.39 is 0 Å². The first-order chi connectivity index (χ1) is 9.93. The number of nitrogens with two attached hydrogens (primary N) is 1. The summed E-state index contributed by atoms with van der Waals surface area (Å²) in [4.78, 5) is 16.3. The summed E-state index contributed by atoms with van der Waals surface area (Å²) in [5, 5.41) is 0. The number of hydrogen-bond donors (Lipinski definition) is 1. The third-order valence-corrected chi connectivity index (χ3v) is 4.50. The van der Waals surface area contributed by atoms with Crippen LogP contribution >= 0.6 is 0 Å². The Bertz CT molecular complexity index is 515. The van der Waals surface area contributed by atoms with Gasteiger partial charge in [-0.2, -0.15) is 0 Å². The van der Waals surface area contributed by atoms with Crippen molar-refractivity contribution < 1.29 is 4.79 Å². The molecule has 0 aromatic heterocycles. The summed E-state index contributed by atoms with van der Waals surface area (Å²) in [5.41, 5.74) is 7.53. The molecule has 0 heterocycles. The van der Waals surface area contributed by atoms with Crippen LogP contribution in [0.2, 0.25) is 0 Å². The van der Waals surface area contributed by atoms with E-state index in [4.69, 9.17) is 5.73 Å². The molecule has 0 aliphatic heterocycles. The molecule has 0 spiro atoms. The second kappa shape index (κ2) is 6.31. The fourth-order valence-electron chi connectivity index (χ4n) is 2.75. The Morgan fingerprint density at radius 1 is 1.24 bits per heavy atom. The fourth-order valence-corrected chi connectivity index (χ4v) is 2.75. The number of amides is 1.